The molecular weight excluding hydrogens is 274 g/mol. The predicted molar refractivity (Wildman–Crippen MR) is 80.0 cm³/mol. The molecule has 0 radical (unpaired) electrons. The van der Waals surface area contributed by atoms with Crippen molar-refractivity contribution in [3.05, 3.63) is 29.3 Å². The Morgan fingerprint density at radius 1 is 1.10 bits per heavy atom. The van der Waals surface area contributed by atoms with Crippen LogP contribution < -0.4 is 5.32 Å². The van der Waals surface area contributed by atoms with Crippen LogP contribution in [0.5, 0.6) is 0 Å². The zero-order valence-corrected chi connectivity index (χ0v) is 13.2. The van der Waals surface area contributed by atoms with Crippen molar-refractivity contribution < 1.29 is 8.42 Å². The lowest BCUT2D eigenvalue weighted by molar-refractivity contribution is 0.370. The maximum absolute atomic E-state index is 12.5. The van der Waals surface area contributed by atoms with Gasteiger partial charge in [0.25, 0.3) is 0 Å². The Hall–Kier alpha value is -0.950. The fourth-order valence-electron chi connectivity index (χ4n) is 2.34. The second-order valence-electron chi connectivity index (χ2n) is 5.52. The number of nitrogens with zero attached hydrogens (tertiary/aromatic N) is 2. The summed E-state index contributed by atoms with van der Waals surface area (Å²) in [4.78, 5) is 2.45. The lowest BCUT2D eigenvalue weighted by Gasteiger charge is -2.19. The van der Waals surface area contributed by atoms with Gasteiger partial charge in [0.05, 0.1) is 4.90 Å². The van der Waals surface area contributed by atoms with Gasteiger partial charge in [0, 0.05) is 26.7 Å². The average Bonchev–Trinajstić information content (AvgIpc) is 2.85. The summed E-state index contributed by atoms with van der Waals surface area (Å²) in [6.07, 6.45) is 0.829. The fraction of sp³-hybridized carbons (Fsp3) is 0.571. The van der Waals surface area contributed by atoms with Crippen molar-refractivity contribution in [1.29, 1.82) is 0 Å². The highest BCUT2D eigenvalue weighted by Gasteiger charge is 2.22. The first-order chi connectivity index (χ1) is 9.41. The van der Waals surface area contributed by atoms with Gasteiger partial charge in [-0.25, -0.2) is 12.7 Å². The van der Waals surface area contributed by atoms with Crippen LogP contribution in [0.15, 0.2) is 23.1 Å². The van der Waals surface area contributed by atoms with E-state index in [0.29, 0.717) is 11.4 Å². The topological polar surface area (TPSA) is 52.7 Å². The largest absolute Gasteiger partial charge is 0.309 e. The Kier molecular flexibility index (Phi) is 4.80. The van der Waals surface area contributed by atoms with E-state index in [-0.39, 0.29) is 0 Å². The molecule has 1 heterocycles. The number of sulfonamides is 1. The summed E-state index contributed by atoms with van der Waals surface area (Å²) in [6, 6.07) is 5.42. The van der Waals surface area contributed by atoms with Gasteiger partial charge in [0.15, 0.2) is 0 Å². The Bertz CT molecular complexity index is 570. The standard InChI is InChI=1S/C14H23N3O2S/c1-16(2)7-4-8-17(3)20(18,19)14-6-5-12-10-15-11-13(12)9-14/h5-6,9,15H,4,7-8,10-11H2,1-3H3. The third-order valence-corrected chi connectivity index (χ3v) is 5.45. The SMILES string of the molecule is CN(C)CCCN(C)S(=O)(=O)c1ccc2c(c1)CNC2. The molecule has 2 rings (SSSR count). The van der Waals surface area contributed by atoms with E-state index < -0.39 is 10.0 Å². The zero-order chi connectivity index (χ0) is 14.8. The molecule has 0 saturated heterocycles. The van der Waals surface area contributed by atoms with Gasteiger partial charge in [-0.15, -0.1) is 0 Å². The van der Waals surface area contributed by atoms with Gasteiger partial charge in [-0.05, 0) is 50.3 Å². The van der Waals surface area contributed by atoms with Gasteiger partial charge in [-0.3, -0.25) is 0 Å². The van der Waals surface area contributed by atoms with E-state index in [2.05, 4.69) is 10.2 Å². The van der Waals surface area contributed by atoms with Gasteiger partial charge in [-0.2, -0.15) is 0 Å². The molecule has 0 atom stereocenters. The van der Waals surface area contributed by atoms with Gasteiger partial charge in [0.1, 0.15) is 0 Å². The Labute approximate surface area is 121 Å². The molecule has 0 bridgehead atoms. The number of nitrogens with one attached hydrogen (secondary N) is 1. The van der Waals surface area contributed by atoms with Crippen molar-refractivity contribution in [3.8, 4) is 0 Å². The van der Waals surface area contributed by atoms with E-state index in [0.717, 1.165) is 31.6 Å². The molecule has 112 valence electrons. The van der Waals surface area contributed by atoms with Crippen LogP contribution in [0.1, 0.15) is 17.5 Å². The lowest BCUT2D eigenvalue weighted by Crippen LogP contribution is -2.30. The molecule has 0 amide bonds. The summed E-state index contributed by atoms with van der Waals surface area (Å²) in [5.41, 5.74) is 2.28. The first-order valence-corrected chi connectivity index (χ1v) is 8.29. The molecule has 1 aromatic rings. The smallest absolute Gasteiger partial charge is 0.242 e. The van der Waals surface area contributed by atoms with Crippen molar-refractivity contribution in [1.82, 2.24) is 14.5 Å². The van der Waals surface area contributed by atoms with Crippen LogP contribution in [0.25, 0.3) is 0 Å². The van der Waals surface area contributed by atoms with E-state index in [4.69, 9.17) is 0 Å². The summed E-state index contributed by atoms with van der Waals surface area (Å²) in [6.45, 7) is 3.00. The van der Waals surface area contributed by atoms with Crippen molar-refractivity contribution in [3.63, 3.8) is 0 Å². The average molecular weight is 297 g/mol. The molecule has 0 aliphatic carbocycles. The molecule has 1 aromatic carbocycles. The van der Waals surface area contributed by atoms with E-state index in [9.17, 15) is 8.42 Å². The van der Waals surface area contributed by atoms with Crippen LogP contribution in [-0.2, 0) is 23.1 Å². The molecule has 0 fully saturated rings. The van der Waals surface area contributed by atoms with Crippen LogP contribution in [0.2, 0.25) is 0 Å². The van der Waals surface area contributed by atoms with Gasteiger partial charge >= 0.3 is 0 Å². The monoisotopic (exact) mass is 297 g/mol. The maximum Gasteiger partial charge on any atom is 0.242 e. The van der Waals surface area contributed by atoms with Crippen molar-refractivity contribution in [2.24, 2.45) is 0 Å². The maximum atomic E-state index is 12.5. The number of fused-ring (bicyclic) bond motifs is 1. The molecule has 1 aliphatic heterocycles. The third-order valence-electron chi connectivity index (χ3n) is 3.60. The van der Waals surface area contributed by atoms with Crippen LogP contribution in [0, 0.1) is 0 Å². The molecule has 0 unspecified atom stereocenters. The minimum Gasteiger partial charge on any atom is -0.309 e. The van der Waals surface area contributed by atoms with Gasteiger partial charge in [0.2, 0.25) is 10.0 Å². The molecule has 0 saturated carbocycles. The highest BCUT2D eigenvalue weighted by Crippen LogP contribution is 2.22. The van der Waals surface area contributed by atoms with Crippen molar-refractivity contribution in [2.75, 3.05) is 34.2 Å². The highest BCUT2D eigenvalue weighted by molar-refractivity contribution is 7.89. The van der Waals surface area contributed by atoms with Crippen molar-refractivity contribution >= 4 is 10.0 Å². The highest BCUT2D eigenvalue weighted by atomic mass is 32.2. The summed E-state index contributed by atoms with van der Waals surface area (Å²) < 4.78 is 26.4. The molecular formula is C14H23N3O2S. The summed E-state index contributed by atoms with van der Waals surface area (Å²) >= 11 is 0. The molecule has 0 aromatic heterocycles. The van der Waals surface area contributed by atoms with Crippen molar-refractivity contribution in [2.45, 2.75) is 24.4 Å². The first-order valence-electron chi connectivity index (χ1n) is 6.85. The van der Waals surface area contributed by atoms with Gasteiger partial charge < -0.3 is 10.2 Å². The number of hydrogen-bond acceptors (Lipinski definition) is 4. The number of hydrogen-bond donors (Lipinski definition) is 1. The molecule has 5 nitrogen and oxygen atoms in total. The lowest BCUT2D eigenvalue weighted by atomic mass is 10.1. The fourth-order valence-corrected chi connectivity index (χ4v) is 3.60. The zero-order valence-electron chi connectivity index (χ0n) is 12.4. The Balaban J connectivity index is 2.09. The van der Waals surface area contributed by atoms with Crippen LogP contribution in [0.3, 0.4) is 0 Å². The summed E-state index contributed by atoms with van der Waals surface area (Å²) in [5.74, 6) is 0. The Morgan fingerprint density at radius 3 is 2.50 bits per heavy atom. The van der Waals surface area contributed by atoms with Crippen LogP contribution in [0.4, 0.5) is 0 Å². The second kappa shape index (κ2) is 6.22. The predicted octanol–water partition coefficient (Wildman–Crippen LogP) is 0.862. The van der Waals surface area contributed by atoms with E-state index in [1.165, 1.54) is 9.87 Å². The molecule has 1 N–H and O–H groups in total. The summed E-state index contributed by atoms with van der Waals surface area (Å²) in [7, 11) is 2.25. The molecule has 20 heavy (non-hydrogen) atoms. The van der Waals surface area contributed by atoms with E-state index in [1.54, 1.807) is 19.2 Å². The van der Waals surface area contributed by atoms with Crippen LogP contribution in [-0.4, -0.2) is 51.9 Å². The number of rotatable bonds is 6. The summed E-state index contributed by atoms with van der Waals surface area (Å²) in [5, 5.41) is 3.23. The minimum absolute atomic E-state index is 0.396. The molecule has 6 heteroatoms. The van der Waals surface area contributed by atoms with Crippen LogP contribution >= 0.6 is 0 Å². The quantitative estimate of drug-likeness (QED) is 0.846. The minimum atomic E-state index is -3.37. The molecule has 1 aliphatic rings. The van der Waals surface area contributed by atoms with Gasteiger partial charge in [-0.1, -0.05) is 6.07 Å². The molecule has 0 spiro atoms. The second-order valence-corrected chi connectivity index (χ2v) is 7.56. The Morgan fingerprint density at radius 2 is 1.80 bits per heavy atom. The third kappa shape index (κ3) is 3.38. The normalized spacial score (nSPS) is 15.1. The van der Waals surface area contributed by atoms with E-state index in [1.807, 2.05) is 20.2 Å². The number of benzene rings is 1. The van der Waals surface area contributed by atoms with E-state index >= 15 is 0 Å². The first kappa shape index (κ1) is 15.4.